The van der Waals surface area contributed by atoms with Crippen molar-refractivity contribution in [2.24, 2.45) is 0 Å². The average Bonchev–Trinajstić information content (AvgIpc) is 2.85. The van der Waals surface area contributed by atoms with Crippen molar-refractivity contribution in [1.29, 1.82) is 0 Å². The molecule has 1 aromatic rings. The first-order chi connectivity index (χ1) is 9.93. The second-order valence-corrected chi connectivity index (χ2v) is 5.26. The molecule has 0 radical (unpaired) electrons. The molecule has 0 spiro atoms. The molecule has 0 saturated heterocycles. The Kier molecular flexibility index (Phi) is 6.61. The molecule has 1 aromatic heterocycles. The minimum Gasteiger partial charge on any atom is -0.480 e. The molecule has 1 rings (SSSR count). The zero-order chi connectivity index (χ0) is 15.8. The number of hydrogen-bond donors (Lipinski definition) is 2. The molecule has 21 heavy (non-hydrogen) atoms. The fourth-order valence-corrected chi connectivity index (χ4v) is 2.37. The molecule has 1 amide bonds. The highest BCUT2D eigenvalue weighted by atomic mass is 32.1. The minimum absolute atomic E-state index is 0.0143. The fraction of sp³-hybridized carbons (Fsp3) is 0.357. The molecule has 1 heterocycles. The van der Waals surface area contributed by atoms with E-state index in [1.807, 2.05) is 18.4 Å². The van der Waals surface area contributed by atoms with Gasteiger partial charge < -0.3 is 15.2 Å². The molecule has 0 aliphatic carbocycles. The lowest BCUT2D eigenvalue weighted by atomic mass is 10.1. The Bertz CT molecular complexity index is 549. The molecule has 114 valence electrons. The summed E-state index contributed by atoms with van der Waals surface area (Å²) in [5.74, 6) is -2.21. The van der Waals surface area contributed by atoms with E-state index in [1.165, 1.54) is 24.5 Å². The van der Waals surface area contributed by atoms with Gasteiger partial charge in [-0.15, -0.1) is 11.3 Å². The van der Waals surface area contributed by atoms with Gasteiger partial charge in [0.2, 0.25) is 5.91 Å². The van der Waals surface area contributed by atoms with E-state index in [1.54, 1.807) is 6.08 Å². The molecule has 0 aromatic carbocycles. The Morgan fingerprint density at radius 2 is 2.19 bits per heavy atom. The number of amides is 1. The summed E-state index contributed by atoms with van der Waals surface area (Å²) in [6.45, 7) is 1.92. The summed E-state index contributed by atoms with van der Waals surface area (Å²) >= 11 is 1.49. The van der Waals surface area contributed by atoms with Gasteiger partial charge in [-0.2, -0.15) is 0 Å². The van der Waals surface area contributed by atoms with Crippen LogP contribution in [0.15, 0.2) is 17.5 Å². The van der Waals surface area contributed by atoms with Crippen LogP contribution in [0.4, 0.5) is 0 Å². The van der Waals surface area contributed by atoms with Crippen molar-refractivity contribution in [2.75, 3.05) is 7.11 Å². The summed E-state index contributed by atoms with van der Waals surface area (Å²) in [5, 5.41) is 13.3. The SMILES string of the molecule is COC(=O)CC[C@@H](NC(=O)/C=C/c1sccc1C)C(=O)O. The first-order valence-corrected chi connectivity index (χ1v) is 7.14. The van der Waals surface area contributed by atoms with E-state index in [9.17, 15) is 14.4 Å². The number of carbonyl (C=O) groups is 3. The maximum Gasteiger partial charge on any atom is 0.326 e. The second-order valence-electron chi connectivity index (χ2n) is 4.32. The number of esters is 1. The second kappa shape index (κ2) is 8.21. The topological polar surface area (TPSA) is 92.7 Å². The standard InChI is InChI=1S/C14H17NO5S/c1-9-7-8-21-11(9)4-5-12(16)15-10(14(18)19)3-6-13(17)20-2/h4-5,7-8,10H,3,6H2,1-2H3,(H,15,16)(H,18,19)/b5-4+/t10-/m1/s1. The predicted octanol–water partition coefficient (Wildman–Crippen LogP) is 1.59. The van der Waals surface area contributed by atoms with Crippen LogP contribution in [0.5, 0.6) is 0 Å². The molecule has 1 atom stereocenters. The summed E-state index contributed by atoms with van der Waals surface area (Å²) in [5.41, 5.74) is 1.05. The van der Waals surface area contributed by atoms with Crippen LogP contribution in [0.3, 0.4) is 0 Å². The normalized spacial score (nSPS) is 12.1. The van der Waals surface area contributed by atoms with Gasteiger partial charge in [0.25, 0.3) is 0 Å². The number of carbonyl (C=O) groups excluding carboxylic acids is 2. The molecule has 0 unspecified atom stereocenters. The van der Waals surface area contributed by atoms with Crippen LogP contribution in [0.2, 0.25) is 0 Å². The largest absolute Gasteiger partial charge is 0.480 e. The molecule has 0 aliphatic rings. The van der Waals surface area contributed by atoms with Crippen molar-refractivity contribution < 1.29 is 24.2 Å². The van der Waals surface area contributed by atoms with E-state index in [2.05, 4.69) is 10.1 Å². The van der Waals surface area contributed by atoms with Crippen molar-refractivity contribution in [1.82, 2.24) is 5.32 Å². The predicted molar refractivity (Wildman–Crippen MR) is 78.9 cm³/mol. The van der Waals surface area contributed by atoms with E-state index in [-0.39, 0.29) is 12.8 Å². The number of aliphatic carboxylic acids is 1. The van der Waals surface area contributed by atoms with Gasteiger partial charge in [-0.25, -0.2) is 4.79 Å². The minimum atomic E-state index is -1.19. The van der Waals surface area contributed by atoms with Crippen LogP contribution in [-0.2, 0) is 19.1 Å². The Hall–Kier alpha value is -2.15. The van der Waals surface area contributed by atoms with Crippen molar-refractivity contribution in [2.45, 2.75) is 25.8 Å². The van der Waals surface area contributed by atoms with E-state index < -0.39 is 23.9 Å². The number of aryl methyl sites for hydroxylation is 1. The number of thiophene rings is 1. The molecule has 6 nitrogen and oxygen atoms in total. The first-order valence-electron chi connectivity index (χ1n) is 6.26. The highest BCUT2D eigenvalue weighted by Crippen LogP contribution is 2.16. The first kappa shape index (κ1) is 16.9. The maximum atomic E-state index is 11.7. The van der Waals surface area contributed by atoms with Crippen LogP contribution < -0.4 is 5.32 Å². The van der Waals surface area contributed by atoms with Gasteiger partial charge in [0.1, 0.15) is 6.04 Å². The van der Waals surface area contributed by atoms with Crippen LogP contribution in [0, 0.1) is 6.92 Å². The van der Waals surface area contributed by atoms with Gasteiger partial charge in [-0.3, -0.25) is 9.59 Å². The monoisotopic (exact) mass is 311 g/mol. The van der Waals surface area contributed by atoms with E-state index >= 15 is 0 Å². The van der Waals surface area contributed by atoms with E-state index in [4.69, 9.17) is 5.11 Å². The third kappa shape index (κ3) is 5.78. The molecular weight excluding hydrogens is 294 g/mol. The third-order valence-corrected chi connectivity index (χ3v) is 3.75. The molecule has 7 heteroatoms. The number of carboxylic acid groups (broad SMARTS) is 1. The van der Waals surface area contributed by atoms with Crippen molar-refractivity contribution in [3.63, 3.8) is 0 Å². The van der Waals surface area contributed by atoms with Crippen molar-refractivity contribution in [3.05, 3.63) is 28.0 Å². The lowest BCUT2D eigenvalue weighted by Crippen LogP contribution is -2.40. The number of rotatable bonds is 7. The summed E-state index contributed by atoms with van der Waals surface area (Å²) in [7, 11) is 1.22. The number of methoxy groups -OCH3 is 1. The van der Waals surface area contributed by atoms with Gasteiger partial charge >= 0.3 is 11.9 Å². The average molecular weight is 311 g/mol. The number of hydrogen-bond acceptors (Lipinski definition) is 5. The quantitative estimate of drug-likeness (QED) is 0.589. The molecule has 0 saturated carbocycles. The van der Waals surface area contributed by atoms with E-state index in [0.717, 1.165) is 10.4 Å². The zero-order valence-electron chi connectivity index (χ0n) is 11.8. The summed E-state index contributed by atoms with van der Waals surface area (Å²) in [4.78, 5) is 34.7. The number of nitrogens with one attached hydrogen (secondary N) is 1. The Morgan fingerprint density at radius 3 is 2.71 bits per heavy atom. The smallest absolute Gasteiger partial charge is 0.326 e. The van der Waals surface area contributed by atoms with Gasteiger partial charge in [0.15, 0.2) is 0 Å². The highest BCUT2D eigenvalue weighted by molar-refractivity contribution is 7.11. The summed E-state index contributed by atoms with van der Waals surface area (Å²) in [6, 6.07) is 0.809. The van der Waals surface area contributed by atoms with Crippen molar-refractivity contribution >= 4 is 35.3 Å². The lowest BCUT2D eigenvalue weighted by molar-refractivity contribution is -0.143. The number of ether oxygens (including phenoxy) is 1. The zero-order valence-corrected chi connectivity index (χ0v) is 12.6. The molecule has 2 N–H and O–H groups in total. The van der Waals surface area contributed by atoms with Crippen LogP contribution in [0.25, 0.3) is 6.08 Å². The highest BCUT2D eigenvalue weighted by Gasteiger charge is 2.20. The molecular formula is C14H17NO5S. The van der Waals surface area contributed by atoms with Gasteiger partial charge in [-0.1, -0.05) is 0 Å². The van der Waals surface area contributed by atoms with Crippen molar-refractivity contribution in [3.8, 4) is 0 Å². The number of carboxylic acids is 1. The van der Waals surface area contributed by atoms with Gasteiger partial charge in [-0.05, 0) is 36.4 Å². The Morgan fingerprint density at radius 1 is 1.48 bits per heavy atom. The molecule has 0 bridgehead atoms. The van der Waals surface area contributed by atoms with Crippen LogP contribution in [-0.4, -0.2) is 36.1 Å². The van der Waals surface area contributed by atoms with E-state index in [0.29, 0.717) is 0 Å². The van der Waals surface area contributed by atoms with Gasteiger partial charge in [0.05, 0.1) is 7.11 Å². The van der Waals surface area contributed by atoms with Crippen LogP contribution in [0.1, 0.15) is 23.3 Å². The maximum absolute atomic E-state index is 11.7. The third-order valence-electron chi connectivity index (χ3n) is 2.77. The molecule has 0 aliphatic heterocycles. The fourth-order valence-electron chi connectivity index (χ4n) is 1.55. The lowest BCUT2D eigenvalue weighted by Gasteiger charge is -2.12. The Balaban J connectivity index is 2.56. The molecule has 0 fully saturated rings. The van der Waals surface area contributed by atoms with Gasteiger partial charge in [0, 0.05) is 17.4 Å². The summed E-state index contributed by atoms with van der Waals surface area (Å²) in [6.07, 6.45) is 2.84. The Labute approximate surface area is 126 Å². The summed E-state index contributed by atoms with van der Waals surface area (Å²) < 4.78 is 4.44. The van der Waals surface area contributed by atoms with Crippen LogP contribution >= 0.6 is 11.3 Å².